The summed E-state index contributed by atoms with van der Waals surface area (Å²) in [4.78, 5) is 32.1. The summed E-state index contributed by atoms with van der Waals surface area (Å²) in [7, 11) is 1.45. The summed E-state index contributed by atoms with van der Waals surface area (Å²) in [5, 5.41) is 0.158. The number of hydrogen-bond acceptors (Lipinski definition) is 3. The molecule has 3 aromatic rings. The zero-order valence-electron chi connectivity index (χ0n) is 10.2. The smallest absolute Gasteiger partial charge is 0.329 e. The monoisotopic (exact) mass is 294 g/mol. The van der Waals surface area contributed by atoms with Gasteiger partial charge in [0.15, 0.2) is 5.65 Å². The second-order valence-electron chi connectivity index (χ2n) is 4.20. The van der Waals surface area contributed by atoms with E-state index in [2.05, 4.69) is 15.0 Å². The number of hydrogen-bond donors (Lipinski definition) is 2. The average Bonchev–Trinajstić information content (AvgIpc) is 2.81. The maximum atomic E-state index is 13.8. The Bertz CT molecular complexity index is 921. The molecule has 2 heterocycles. The molecule has 0 atom stereocenters. The van der Waals surface area contributed by atoms with Crippen LogP contribution in [0.5, 0.6) is 0 Å². The Balaban J connectivity index is 2.41. The fraction of sp³-hybridized carbons (Fsp3) is 0.0833. The van der Waals surface area contributed by atoms with E-state index in [1.165, 1.54) is 25.2 Å². The van der Waals surface area contributed by atoms with Crippen molar-refractivity contribution in [2.75, 3.05) is 0 Å². The summed E-state index contributed by atoms with van der Waals surface area (Å²) in [6.45, 7) is 0. The molecule has 0 fully saturated rings. The molecular formula is C12H8ClFN4O2. The number of aromatic amines is 2. The van der Waals surface area contributed by atoms with Gasteiger partial charge in [0.25, 0.3) is 5.56 Å². The third-order valence-corrected chi connectivity index (χ3v) is 3.27. The van der Waals surface area contributed by atoms with E-state index in [0.717, 1.165) is 4.57 Å². The molecular weight excluding hydrogens is 287 g/mol. The first-order valence-electron chi connectivity index (χ1n) is 5.62. The van der Waals surface area contributed by atoms with Crippen LogP contribution in [0.15, 0.2) is 27.8 Å². The molecule has 0 amide bonds. The number of halogens is 2. The fourth-order valence-electron chi connectivity index (χ4n) is 1.95. The number of nitrogens with zero attached hydrogens (tertiary/aromatic N) is 2. The van der Waals surface area contributed by atoms with E-state index in [1.807, 2.05) is 0 Å². The predicted molar refractivity (Wildman–Crippen MR) is 72.4 cm³/mol. The van der Waals surface area contributed by atoms with Gasteiger partial charge in [-0.3, -0.25) is 14.3 Å². The van der Waals surface area contributed by atoms with Crippen molar-refractivity contribution in [3.05, 3.63) is 49.9 Å². The second-order valence-corrected chi connectivity index (χ2v) is 4.61. The molecule has 0 unspecified atom stereocenters. The Labute approximate surface area is 115 Å². The minimum Gasteiger partial charge on any atom is -0.332 e. The van der Waals surface area contributed by atoms with Crippen molar-refractivity contribution in [2.24, 2.45) is 7.05 Å². The number of fused-ring (bicyclic) bond motifs is 1. The van der Waals surface area contributed by atoms with Crippen molar-refractivity contribution >= 4 is 22.8 Å². The van der Waals surface area contributed by atoms with Crippen LogP contribution in [0.4, 0.5) is 4.39 Å². The average molecular weight is 295 g/mol. The van der Waals surface area contributed by atoms with Gasteiger partial charge in [0.1, 0.15) is 17.2 Å². The highest BCUT2D eigenvalue weighted by Gasteiger charge is 2.16. The second kappa shape index (κ2) is 4.31. The number of benzene rings is 1. The van der Waals surface area contributed by atoms with Gasteiger partial charge in [0.2, 0.25) is 0 Å². The van der Waals surface area contributed by atoms with E-state index in [1.54, 1.807) is 0 Å². The molecule has 0 spiro atoms. The van der Waals surface area contributed by atoms with Gasteiger partial charge in [-0.05, 0) is 12.1 Å². The minimum atomic E-state index is -0.616. The van der Waals surface area contributed by atoms with Gasteiger partial charge in [0, 0.05) is 7.05 Å². The molecule has 102 valence electrons. The van der Waals surface area contributed by atoms with Crippen LogP contribution in [-0.4, -0.2) is 19.5 Å². The highest BCUT2D eigenvalue weighted by Crippen LogP contribution is 2.28. The van der Waals surface area contributed by atoms with Gasteiger partial charge in [-0.25, -0.2) is 14.2 Å². The van der Waals surface area contributed by atoms with E-state index < -0.39 is 17.1 Å². The zero-order chi connectivity index (χ0) is 14.4. The highest BCUT2D eigenvalue weighted by molar-refractivity contribution is 6.33. The van der Waals surface area contributed by atoms with E-state index in [0.29, 0.717) is 0 Å². The van der Waals surface area contributed by atoms with E-state index >= 15 is 0 Å². The van der Waals surface area contributed by atoms with E-state index in [4.69, 9.17) is 11.6 Å². The van der Waals surface area contributed by atoms with Crippen LogP contribution < -0.4 is 11.2 Å². The van der Waals surface area contributed by atoms with Gasteiger partial charge in [-0.2, -0.15) is 0 Å². The normalized spacial score (nSPS) is 11.2. The standard InChI is InChI=1S/C12H8ClFN4O2/c1-18-10-8(11(19)17-12(18)20)15-9(16-10)7-5(13)3-2-4-6(7)14/h2-4H,1H3,(H,15,16)(H,17,19,20). The third kappa shape index (κ3) is 1.75. The predicted octanol–water partition coefficient (Wildman–Crippen LogP) is 1.41. The fourth-order valence-corrected chi connectivity index (χ4v) is 2.20. The highest BCUT2D eigenvalue weighted by atomic mass is 35.5. The van der Waals surface area contributed by atoms with Gasteiger partial charge in [0.05, 0.1) is 10.6 Å². The SMILES string of the molecule is Cn1c(=O)[nH]c(=O)c2[nH]c(-c3c(F)cccc3Cl)nc21. The Morgan fingerprint density at radius 3 is 2.75 bits per heavy atom. The first-order chi connectivity index (χ1) is 9.49. The maximum absolute atomic E-state index is 13.8. The molecule has 6 nitrogen and oxygen atoms in total. The van der Waals surface area contributed by atoms with Crippen molar-refractivity contribution in [3.63, 3.8) is 0 Å². The molecule has 0 aliphatic heterocycles. The van der Waals surface area contributed by atoms with Crippen LogP contribution in [0.25, 0.3) is 22.6 Å². The topological polar surface area (TPSA) is 83.5 Å². The molecule has 0 radical (unpaired) electrons. The Hall–Kier alpha value is -2.41. The Morgan fingerprint density at radius 2 is 2.05 bits per heavy atom. The van der Waals surface area contributed by atoms with E-state index in [-0.39, 0.29) is 27.6 Å². The summed E-state index contributed by atoms with van der Waals surface area (Å²) >= 11 is 5.95. The van der Waals surface area contributed by atoms with Crippen LogP contribution in [0.2, 0.25) is 5.02 Å². The summed E-state index contributed by atoms with van der Waals surface area (Å²) in [6, 6.07) is 4.21. The van der Waals surface area contributed by atoms with E-state index in [9.17, 15) is 14.0 Å². The summed E-state index contributed by atoms with van der Waals surface area (Å²) in [5.41, 5.74) is -0.943. The maximum Gasteiger partial charge on any atom is 0.329 e. The molecule has 0 saturated carbocycles. The van der Waals surface area contributed by atoms with Gasteiger partial charge in [-0.1, -0.05) is 17.7 Å². The molecule has 0 bridgehead atoms. The molecule has 3 rings (SSSR count). The molecule has 0 aliphatic rings. The first kappa shape index (κ1) is 12.6. The molecule has 0 aliphatic carbocycles. The van der Waals surface area contributed by atoms with Gasteiger partial charge < -0.3 is 4.98 Å². The van der Waals surface area contributed by atoms with Crippen LogP contribution in [0.3, 0.4) is 0 Å². The van der Waals surface area contributed by atoms with Crippen molar-refractivity contribution in [1.82, 2.24) is 19.5 Å². The number of aromatic nitrogens is 4. The number of nitrogens with one attached hydrogen (secondary N) is 2. The lowest BCUT2D eigenvalue weighted by atomic mass is 10.2. The molecule has 0 saturated heterocycles. The summed E-state index contributed by atoms with van der Waals surface area (Å²) in [6.07, 6.45) is 0. The number of rotatable bonds is 1. The van der Waals surface area contributed by atoms with Crippen molar-refractivity contribution in [2.45, 2.75) is 0 Å². The lowest BCUT2D eigenvalue weighted by molar-refractivity contribution is 0.630. The Morgan fingerprint density at radius 1 is 1.30 bits per heavy atom. The number of imidazole rings is 1. The van der Waals surface area contributed by atoms with Gasteiger partial charge in [-0.15, -0.1) is 0 Å². The first-order valence-corrected chi connectivity index (χ1v) is 6.00. The van der Waals surface area contributed by atoms with Crippen molar-refractivity contribution in [1.29, 1.82) is 0 Å². The van der Waals surface area contributed by atoms with Crippen molar-refractivity contribution in [3.8, 4) is 11.4 Å². The van der Waals surface area contributed by atoms with Crippen LogP contribution in [0.1, 0.15) is 0 Å². The molecule has 2 aromatic heterocycles. The molecule has 2 N–H and O–H groups in total. The van der Waals surface area contributed by atoms with Gasteiger partial charge >= 0.3 is 5.69 Å². The van der Waals surface area contributed by atoms with Crippen molar-refractivity contribution < 1.29 is 4.39 Å². The number of H-pyrrole nitrogens is 2. The van der Waals surface area contributed by atoms with Crippen LogP contribution in [0, 0.1) is 5.82 Å². The molecule has 8 heteroatoms. The lowest BCUT2D eigenvalue weighted by Crippen LogP contribution is -2.28. The van der Waals surface area contributed by atoms with Crippen LogP contribution >= 0.6 is 11.6 Å². The molecule has 20 heavy (non-hydrogen) atoms. The largest absolute Gasteiger partial charge is 0.332 e. The molecule has 1 aromatic carbocycles. The quantitative estimate of drug-likeness (QED) is 0.712. The number of aryl methyl sites for hydroxylation is 1. The zero-order valence-corrected chi connectivity index (χ0v) is 11.0. The lowest BCUT2D eigenvalue weighted by Gasteiger charge is -2.01. The summed E-state index contributed by atoms with van der Waals surface area (Å²) < 4.78 is 15.0. The Kier molecular flexibility index (Phi) is 2.72. The third-order valence-electron chi connectivity index (χ3n) is 2.95. The van der Waals surface area contributed by atoms with Crippen LogP contribution in [-0.2, 0) is 7.05 Å². The minimum absolute atomic E-state index is 0.0530. The summed E-state index contributed by atoms with van der Waals surface area (Å²) in [5.74, 6) is -0.479.